The van der Waals surface area contributed by atoms with Crippen molar-refractivity contribution in [3.05, 3.63) is 29.3 Å². The third-order valence-electron chi connectivity index (χ3n) is 3.78. The Kier molecular flexibility index (Phi) is 5.19. The molecule has 19 heavy (non-hydrogen) atoms. The van der Waals surface area contributed by atoms with Gasteiger partial charge in [0.25, 0.3) is 0 Å². The summed E-state index contributed by atoms with van der Waals surface area (Å²) in [4.78, 5) is 0. The Hall–Kier alpha value is -1.10. The van der Waals surface area contributed by atoms with Gasteiger partial charge in [0, 0.05) is 19.3 Å². The number of methoxy groups -OCH3 is 1. The fourth-order valence-electron chi connectivity index (χ4n) is 2.71. The molecule has 4 heteroatoms. The molecule has 0 spiro atoms. The number of hydrogen-bond acceptors (Lipinski definition) is 4. The standard InChI is InChI=1S/C15H24N2O2/c1-11-3-4-15(18-2)13(7-11)9-14(17-16)8-12-5-6-19-10-12/h3-4,7,12,14,17H,5-6,8-10,16H2,1-2H3. The van der Waals surface area contributed by atoms with Crippen molar-refractivity contribution >= 4 is 0 Å². The van der Waals surface area contributed by atoms with E-state index in [1.807, 2.05) is 6.07 Å². The second kappa shape index (κ2) is 6.89. The van der Waals surface area contributed by atoms with E-state index in [0.29, 0.717) is 5.92 Å². The average molecular weight is 264 g/mol. The van der Waals surface area contributed by atoms with Crippen LogP contribution < -0.4 is 16.0 Å². The Morgan fingerprint density at radius 1 is 1.53 bits per heavy atom. The predicted molar refractivity (Wildman–Crippen MR) is 76.1 cm³/mol. The van der Waals surface area contributed by atoms with E-state index in [0.717, 1.165) is 38.2 Å². The Morgan fingerprint density at radius 2 is 2.37 bits per heavy atom. The van der Waals surface area contributed by atoms with Crippen LogP contribution in [-0.2, 0) is 11.2 Å². The lowest BCUT2D eigenvalue weighted by Crippen LogP contribution is -2.38. The van der Waals surface area contributed by atoms with Crippen LogP contribution >= 0.6 is 0 Å². The van der Waals surface area contributed by atoms with Crippen LogP contribution in [0, 0.1) is 12.8 Å². The van der Waals surface area contributed by atoms with Crippen molar-refractivity contribution in [2.45, 2.75) is 32.2 Å². The molecule has 1 fully saturated rings. The summed E-state index contributed by atoms with van der Waals surface area (Å²) in [6.07, 6.45) is 3.08. The van der Waals surface area contributed by atoms with Gasteiger partial charge in [0.05, 0.1) is 7.11 Å². The van der Waals surface area contributed by atoms with Gasteiger partial charge in [0.1, 0.15) is 5.75 Å². The molecule has 2 rings (SSSR count). The fraction of sp³-hybridized carbons (Fsp3) is 0.600. The van der Waals surface area contributed by atoms with E-state index >= 15 is 0 Å². The lowest BCUT2D eigenvalue weighted by molar-refractivity contribution is 0.181. The molecule has 4 nitrogen and oxygen atoms in total. The molecule has 0 saturated carbocycles. The van der Waals surface area contributed by atoms with Crippen LogP contribution in [0.15, 0.2) is 18.2 Å². The summed E-state index contributed by atoms with van der Waals surface area (Å²) in [7, 11) is 1.71. The van der Waals surface area contributed by atoms with E-state index in [-0.39, 0.29) is 6.04 Å². The number of ether oxygens (including phenoxy) is 2. The van der Waals surface area contributed by atoms with Crippen molar-refractivity contribution in [2.75, 3.05) is 20.3 Å². The maximum atomic E-state index is 5.70. The van der Waals surface area contributed by atoms with Crippen LogP contribution in [0.25, 0.3) is 0 Å². The molecule has 2 unspecified atom stereocenters. The van der Waals surface area contributed by atoms with Crippen molar-refractivity contribution in [3.8, 4) is 5.75 Å². The monoisotopic (exact) mass is 264 g/mol. The smallest absolute Gasteiger partial charge is 0.122 e. The van der Waals surface area contributed by atoms with Gasteiger partial charge in [-0.2, -0.15) is 0 Å². The van der Waals surface area contributed by atoms with Gasteiger partial charge in [-0.25, -0.2) is 0 Å². The summed E-state index contributed by atoms with van der Waals surface area (Å²) in [6.45, 7) is 3.84. The first kappa shape index (κ1) is 14.3. The number of nitrogens with one attached hydrogen (secondary N) is 1. The lowest BCUT2D eigenvalue weighted by Gasteiger charge is -2.20. The van der Waals surface area contributed by atoms with Gasteiger partial charge in [-0.1, -0.05) is 17.7 Å². The third-order valence-corrected chi connectivity index (χ3v) is 3.78. The predicted octanol–water partition coefficient (Wildman–Crippen LogP) is 1.80. The van der Waals surface area contributed by atoms with Crippen molar-refractivity contribution < 1.29 is 9.47 Å². The van der Waals surface area contributed by atoms with Gasteiger partial charge >= 0.3 is 0 Å². The van der Waals surface area contributed by atoms with Crippen LogP contribution in [0.5, 0.6) is 5.75 Å². The van der Waals surface area contributed by atoms with Gasteiger partial charge in [0.15, 0.2) is 0 Å². The maximum Gasteiger partial charge on any atom is 0.122 e. The first-order chi connectivity index (χ1) is 9.22. The highest BCUT2D eigenvalue weighted by Gasteiger charge is 2.21. The zero-order valence-corrected chi connectivity index (χ0v) is 11.8. The normalized spacial score (nSPS) is 20.5. The van der Waals surface area contributed by atoms with E-state index in [4.69, 9.17) is 15.3 Å². The second-order valence-corrected chi connectivity index (χ2v) is 5.35. The largest absolute Gasteiger partial charge is 0.496 e. The molecule has 0 bridgehead atoms. The summed E-state index contributed by atoms with van der Waals surface area (Å²) >= 11 is 0. The van der Waals surface area contributed by atoms with Gasteiger partial charge in [-0.15, -0.1) is 0 Å². The van der Waals surface area contributed by atoms with Crippen molar-refractivity contribution in [3.63, 3.8) is 0 Å². The highest BCUT2D eigenvalue weighted by Crippen LogP contribution is 2.24. The van der Waals surface area contributed by atoms with Crippen LogP contribution in [0.3, 0.4) is 0 Å². The molecule has 106 valence electrons. The molecule has 1 heterocycles. The van der Waals surface area contributed by atoms with Crippen LogP contribution in [-0.4, -0.2) is 26.4 Å². The second-order valence-electron chi connectivity index (χ2n) is 5.35. The van der Waals surface area contributed by atoms with Gasteiger partial charge in [0.2, 0.25) is 0 Å². The van der Waals surface area contributed by atoms with E-state index in [2.05, 4.69) is 24.5 Å². The third kappa shape index (κ3) is 3.93. The Bertz CT molecular complexity index is 403. The van der Waals surface area contributed by atoms with Crippen LogP contribution in [0.2, 0.25) is 0 Å². The molecule has 1 aliphatic heterocycles. The van der Waals surface area contributed by atoms with E-state index < -0.39 is 0 Å². The Balaban J connectivity index is 2.02. The van der Waals surface area contributed by atoms with Crippen molar-refractivity contribution in [1.29, 1.82) is 0 Å². The quantitative estimate of drug-likeness (QED) is 0.608. The zero-order valence-electron chi connectivity index (χ0n) is 11.8. The molecule has 0 radical (unpaired) electrons. The summed E-state index contributed by atoms with van der Waals surface area (Å²) in [5, 5.41) is 0. The fourth-order valence-corrected chi connectivity index (χ4v) is 2.71. The Morgan fingerprint density at radius 3 is 3.00 bits per heavy atom. The molecule has 3 N–H and O–H groups in total. The number of rotatable bonds is 6. The minimum absolute atomic E-state index is 0.266. The SMILES string of the molecule is COc1ccc(C)cc1CC(CC1CCOC1)NN. The molecule has 0 amide bonds. The van der Waals surface area contributed by atoms with E-state index in [9.17, 15) is 0 Å². The zero-order chi connectivity index (χ0) is 13.7. The first-order valence-corrected chi connectivity index (χ1v) is 6.90. The minimum Gasteiger partial charge on any atom is -0.496 e. The van der Waals surface area contributed by atoms with E-state index in [1.54, 1.807) is 7.11 Å². The molecule has 2 atom stereocenters. The number of nitrogens with two attached hydrogens (primary N) is 1. The molecule has 1 aromatic carbocycles. The van der Waals surface area contributed by atoms with Crippen molar-refractivity contribution in [1.82, 2.24) is 5.43 Å². The van der Waals surface area contributed by atoms with Crippen LogP contribution in [0.1, 0.15) is 24.0 Å². The summed E-state index contributed by atoms with van der Waals surface area (Å²) in [5.74, 6) is 7.26. The summed E-state index contributed by atoms with van der Waals surface area (Å²) < 4.78 is 10.8. The van der Waals surface area contributed by atoms with Crippen LogP contribution in [0.4, 0.5) is 0 Å². The molecule has 1 aromatic rings. The van der Waals surface area contributed by atoms with Gasteiger partial charge in [-0.05, 0) is 43.7 Å². The summed E-state index contributed by atoms with van der Waals surface area (Å²) in [5.41, 5.74) is 5.40. The topological polar surface area (TPSA) is 56.5 Å². The molecular weight excluding hydrogens is 240 g/mol. The average Bonchev–Trinajstić information content (AvgIpc) is 2.91. The molecule has 1 saturated heterocycles. The molecule has 1 aliphatic rings. The molecule has 0 aliphatic carbocycles. The number of benzene rings is 1. The Labute approximate surface area is 115 Å². The number of hydrazine groups is 1. The minimum atomic E-state index is 0.266. The lowest BCUT2D eigenvalue weighted by atomic mass is 9.94. The molecule has 0 aromatic heterocycles. The van der Waals surface area contributed by atoms with Gasteiger partial charge in [-0.3, -0.25) is 11.3 Å². The number of aryl methyl sites for hydroxylation is 1. The highest BCUT2D eigenvalue weighted by molar-refractivity contribution is 5.37. The maximum absolute atomic E-state index is 5.70. The van der Waals surface area contributed by atoms with Gasteiger partial charge < -0.3 is 9.47 Å². The first-order valence-electron chi connectivity index (χ1n) is 6.90. The highest BCUT2D eigenvalue weighted by atomic mass is 16.5. The molecular formula is C15H24N2O2. The number of hydrogen-bond donors (Lipinski definition) is 2. The summed E-state index contributed by atoms with van der Waals surface area (Å²) in [6, 6.07) is 6.53. The van der Waals surface area contributed by atoms with Crippen molar-refractivity contribution in [2.24, 2.45) is 11.8 Å². The van der Waals surface area contributed by atoms with E-state index in [1.165, 1.54) is 11.1 Å².